The Hall–Kier alpha value is -4.21. The van der Waals surface area contributed by atoms with Gasteiger partial charge in [0.05, 0.1) is 32.5 Å². The van der Waals surface area contributed by atoms with Crippen LogP contribution < -0.4 is 15.4 Å². The number of hydrogen-bond donors (Lipinski definition) is 3. The number of carboxylic acids is 1. The van der Waals surface area contributed by atoms with Crippen LogP contribution in [0.3, 0.4) is 0 Å². The number of para-hydroxylation sites is 2. The summed E-state index contributed by atoms with van der Waals surface area (Å²) in [6.07, 6.45) is -4.67. The van der Waals surface area contributed by atoms with Crippen LogP contribution in [0.15, 0.2) is 84.9 Å². The molecule has 0 aliphatic heterocycles. The highest BCUT2D eigenvalue weighted by Crippen LogP contribution is 2.41. The van der Waals surface area contributed by atoms with E-state index < -0.39 is 29.5 Å². The average Bonchev–Trinajstić information content (AvgIpc) is 2.86. The molecule has 0 spiro atoms. The lowest BCUT2D eigenvalue weighted by Crippen LogP contribution is -2.20. The Morgan fingerprint density at radius 1 is 0.737 bits per heavy atom. The maximum Gasteiger partial charge on any atom is 0.419 e. The third kappa shape index (κ3) is 6.19. The molecule has 0 aliphatic carbocycles. The molecule has 3 N–H and O–H groups in total. The fraction of sp³-hybridized carbons (Fsp3) is 0.0370. The summed E-state index contributed by atoms with van der Waals surface area (Å²) in [6, 6.07) is 19.1. The monoisotopic (exact) mass is 560 g/mol. The van der Waals surface area contributed by atoms with Crippen molar-refractivity contribution < 1.29 is 32.6 Å². The van der Waals surface area contributed by atoms with Crippen LogP contribution in [0.2, 0.25) is 10.0 Å². The van der Waals surface area contributed by atoms with Crippen LogP contribution in [0.4, 0.5) is 29.3 Å². The van der Waals surface area contributed by atoms with E-state index in [9.17, 15) is 27.9 Å². The second-order valence-corrected chi connectivity index (χ2v) is 8.68. The van der Waals surface area contributed by atoms with Gasteiger partial charge in [-0.1, -0.05) is 59.6 Å². The van der Waals surface area contributed by atoms with Crippen molar-refractivity contribution in [2.45, 2.75) is 6.18 Å². The maximum atomic E-state index is 13.5. The lowest BCUT2D eigenvalue weighted by molar-refractivity contribution is -0.138. The van der Waals surface area contributed by atoms with Gasteiger partial charge in [0.1, 0.15) is 5.75 Å². The second-order valence-electron chi connectivity index (χ2n) is 7.87. The largest absolute Gasteiger partial charge is 0.478 e. The first-order valence-corrected chi connectivity index (χ1v) is 11.6. The Morgan fingerprint density at radius 3 is 2.05 bits per heavy atom. The van der Waals surface area contributed by atoms with Gasteiger partial charge in [0, 0.05) is 0 Å². The van der Waals surface area contributed by atoms with Gasteiger partial charge in [0.2, 0.25) is 0 Å². The van der Waals surface area contributed by atoms with Crippen molar-refractivity contribution in [2.75, 3.05) is 10.6 Å². The number of carboxylic acid groups (broad SMARTS) is 1. The van der Waals surface area contributed by atoms with Crippen LogP contribution in [0.5, 0.6) is 11.5 Å². The Balaban J connectivity index is 1.73. The molecule has 0 bridgehead atoms. The van der Waals surface area contributed by atoms with Crippen molar-refractivity contribution >= 4 is 46.6 Å². The average molecular weight is 561 g/mol. The number of carbonyl (C=O) groups is 2. The van der Waals surface area contributed by atoms with E-state index in [-0.39, 0.29) is 27.0 Å². The van der Waals surface area contributed by atoms with Crippen LogP contribution in [-0.2, 0) is 6.18 Å². The summed E-state index contributed by atoms with van der Waals surface area (Å²) in [5.74, 6) is -1.74. The Bertz CT molecular complexity index is 1530. The topological polar surface area (TPSA) is 87.7 Å². The van der Waals surface area contributed by atoms with Gasteiger partial charge in [0.25, 0.3) is 0 Å². The Kier molecular flexibility index (Phi) is 7.80. The van der Waals surface area contributed by atoms with E-state index in [2.05, 4.69) is 10.6 Å². The van der Waals surface area contributed by atoms with Crippen molar-refractivity contribution in [3.63, 3.8) is 0 Å². The lowest BCUT2D eigenvalue weighted by Gasteiger charge is -2.17. The number of halogens is 5. The first-order chi connectivity index (χ1) is 18.0. The number of nitrogens with one attached hydrogen (secondary N) is 2. The molecule has 0 fully saturated rings. The molecule has 11 heteroatoms. The predicted molar refractivity (Wildman–Crippen MR) is 139 cm³/mol. The molecule has 0 heterocycles. The minimum Gasteiger partial charge on any atom is -0.478 e. The molecular weight excluding hydrogens is 544 g/mol. The van der Waals surface area contributed by atoms with E-state index in [1.54, 1.807) is 24.3 Å². The number of benzene rings is 4. The summed E-state index contributed by atoms with van der Waals surface area (Å²) >= 11 is 12.2. The van der Waals surface area contributed by atoms with Gasteiger partial charge in [-0.15, -0.1) is 0 Å². The molecular formula is C27H17Cl2F3N2O4. The predicted octanol–water partition coefficient (Wildman–Crippen LogP) is 8.81. The molecule has 0 unspecified atom stereocenters. The summed E-state index contributed by atoms with van der Waals surface area (Å²) in [5, 5.41) is 14.6. The van der Waals surface area contributed by atoms with E-state index in [0.717, 1.165) is 12.1 Å². The molecule has 194 valence electrons. The van der Waals surface area contributed by atoms with E-state index >= 15 is 0 Å². The van der Waals surface area contributed by atoms with E-state index in [0.29, 0.717) is 16.8 Å². The Morgan fingerprint density at radius 2 is 1.37 bits per heavy atom. The third-order valence-electron chi connectivity index (χ3n) is 5.30. The molecule has 0 radical (unpaired) electrons. The standard InChI is InChI=1S/C27H17Cl2F3N2O4/c28-19-6-2-3-7-21(19)33-26(37)34-22-14-16(15-9-11-17(25(35)36)20(29)13-15)10-12-24(22)38-23-8-4-1-5-18(23)27(30,31)32/h1-14H,(H,35,36)(H2,33,34,37). The summed E-state index contributed by atoms with van der Waals surface area (Å²) in [5.41, 5.74) is 0.222. The van der Waals surface area contributed by atoms with Crippen molar-refractivity contribution in [3.05, 3.63) is 106 Å². The quantitative estimate of drug-likeness (QED) is 0.220. The number of hydrogen-bond acceptors (Lipinski definition) is 3. The van der Waals surface area contributed by atoms with Crippen LogP contribution >= 0.6 is 23.2 Å². The van der Waals surface area contributed by atoms with Crippen LogP contribution in [-0.4, -0.2) is 17.1 Å². The third-order valence-corrected chi connectivity index (χ3v) is 5.94. The van der Waals surface area contributed by atoms with Gasteiger partial charge in [-0.2, -0.15) is 13.2 Å². The molecule has 0 saturated heterocycles. The first-order valence-electron chi connectivity index (χ1n) is 10.9. The zero-order chi connectivity index (χ0) is 27.4. The van der Waals surface area contributed by atoms with Crippen molar-refractivity contribution in [1.29, 1.82) is 0 Å². The zero-order valence-corrected chi connectivity index (χ0v) is 20.7. The van der Waals surface area contributed by atoms with Crippen molar-refractivity contribution in [1.82, 2.24) is 0 Å². The number of rotatable bonds is 6. The minimum atomic E-state index is -4.67. The van der Waals surface area contributed by atoms with Gasteiger partial charge in [-0.3, -0.25) is 0 Å². The number of aromatic carboxylic acids is 1. The summed E-state index contributed by atoms with van der Waals surface area (Å²) < 4.78 is 46.2. The molecule has 2 amide bonds. The molecule has 4 rings (SSSR count). The van der Waals surface area contributed by atoms with E-state index in [4.69, 9.17) is 27.9 Å². The van der Waals surface area contributed by atoms with Crippen molar-refractivity contribution in [3.8, 4) is 22.6 Å². The molecule has 4 aromatic rings. The lowest BCUT2D eigenvalue weighted by atomic mass is 10.0. The zero-order valence-electron chi connectivity index (χ0n) is 19.1. The number of amides is 2. The molecule has 0 atom stereocenters. The number of ether oxygens (including phenoxy) is 1. The minimum absolute atomic E-state index is 0.0135. The van der Waals surface area contributed by atoms with Gasteiger partial charge in [-0.25, -0.2) is 9.59 Å². The molecule has 6 nitrogen and oxygen atoms in total. The number of carbonyl (C=O) groups excluding carboxylic acids is 1. The second kappa shape index (κ2) is 11.0. The number of urea groups is 1. The highest BCUT2D eigenvalue weighted by Gasteiger charge is 2.34. The fourth-order valence-electron chi connectivity index (χ4n) is 3.51. The molecule has 0 aromatic heterocycles. The van der Waals surface area contributed by atoms with Crippen molar-refractivity contribution in [2.24, 2.45) is 0 Å². The first kappa shape index (κ1) is 26.8. The van der Waals surface area contributed by atoms with Crippen LogP contribution in [0, 0.1) is 0 Å². The van der Waals surface area contributed by atoms with E-state index in [1.807, 2.05) is 0 Å². The molecule has 0 saturated carbocycles. The number of anilines is 2. The molecule has 0 aliphatic rings. The summed E-state index contributed by atoms with van der Waals surface area (Å²) in [7, 11) is 0. The summed E-state index contributed by atoms with van der Waals surface area (Å²) in [6.45, 7) is 0. The molecule has 4 aromatic carbocycles. The van der Waals surface area contributed by atoms with E-state index in [1.165, 1.54) is 48.5 Å². The normalized spacial score (nSPS) is 11.1. The summed E-state index contributed by atoms with van der Waals surface area (Å²) in [4.78, 5) is 24.1. The van der Waals surface area contributed by atoms with Gasteiger partial charge >= 0.3 is 18.2 Å². The molecule has 38 heavy (non-hydrogen) atoms. The van der Waals surface area contributed by atoms with Gasteiger partial charge < -0.3 is 20.5 Å². The maximum absolute atomic E-state index is 13.5. The van der Waals surface area contributed by atoms with Crippen LogP contribution in [0.25, 0.3) is 11.1 Å². The van der Waals surface area contributed by atoms with Gasteiger partial charge in [-0.05, 0) is 59.7 Å². The highest BCUT2D eigenvalue weighted by molar-refractivity contribution is 6.34. The fourth-order valence-corrected chi connectivity index (χ4v) is 3.96. The smallest absolute Gasteiger partial charge is 0.419 e. The Labute approximate surface area is 224 Å². The van der Waals surface area contributed by atoms with Crippen LogP contribution in [0.1, 0.15) is 15.9 Å². The highest BCUT2D eigenvalue weighted by atomic mass is 35.5. The SMILES string of the molecule is O=C(Nc1ccccc1Cl)Nc1cc(-c2ccc(C(=O)O)c(Cl)c2)ccc1Oc1ccccc1C(F)(F)F. The number of alkyl halides is 3. The van der Waals surface area contributed by atoms with Gasteiger partial charge in [0.15, 0.2) is 5.75 Å².